The molecule has 126 valence electrons. The van der Waals surface area contributed by atoms with Gasteiger partial charge >= 0.3 is 0 Å². The summed E-state index contributed by atoms with van der Waals surface area (Å²) < 4.78 is 7.81. The van der Waals surface area contributed by atoms with Crippen LogP contribution < -0.4 is 5.32 Å². The molecule has 4 nitrogen and oxygen atoms in total. The molecule has 0 aliphatic carbocycles. The highest BCUT2D eigenvalue weighted by atomic mass is 35.5. The fourth-order valence-electron chi connectivity index (χ4n) is 2.89. The number of benzene rings is 2. The molecule has 0 aliphatic rings. The first-order valence-corrected chi connectivity index (χ1v) is 8.56. The van der Waals surface area contributed by atoms with E-state index in [1.54, 1.807) is 0 Å². The van der Waals surface area contributed by atoms with Crippen LogP contribution in [0.1, 0.15) is 17.1 Å². The lowest BCUT2D eigenvalue weighted by Gasteiger charge is -2.10. The second kappa shape index (κ2) is 6.65. The lowest BCUT2D eigenvalue weighted by atomic mass is 10.2. The summed E-state index contributed by atoms with van der Waals surface area (Å²) >= 11 is 6.00. The predicted octanol–water partition coefficient (Wildman–Crippen LogP) is 5.25. The molecule has 1 N–H and O–H groups in total. The van der Waals surface area contributed by atoms with E-state index in [4.69, 9.17) is 21.0 Å². The average molecular weight is 352 g/mol. The van der Waals surface area contributed by atoms with Crippen molar-refractivity contribution in [1.29, 1.82) is 0 Å². The largest absolute Gasteiger partial charge is 0.465 e. The van der Waals surface area contributed by atoms with Crippen LogP contribution in [0.4, 0.5) is 5.95 Å². The van der Waals surface area contributed by atoms with E-state index >= 15 is 0 Å². The minimum Gasteiger partial charge on any atom is -0.465 e. The number of anilines is 1. The van der Waals surface area contributed by atoms with E-state index in [1.807, 2.05) is 61.5 Å². The topological polar surface area (TPSA) is 43.0 Å². The quantitative estimate of drug-likeness (QED) is 0.534. The number of nitrogens with zero attached hydrogens (tertiary/aromatic N) is 2. The number of para-hydroxylation sites is 2. The Bertz CT molecular complexity index is 1000. The predicted molar refractivity (Wildman–Crippen MR) is 101 cm³/mol. The summed E-state index contributed by atoms with van der Waals surface area (Å²) in [6.07, 6.45) is 0. The number of rotatable bonds is 5. The molecule has 0 atom stereocenters. The molecule has 4 rings (SSSR count). The number of fused-ring (bicyclic) bond motifs is 1. The van der Waals surface area contributed by atoms with Gasteiger partial charge in [-0.3, -0.25) is 0 Å². The van der Waals surface area contributed by atoms with Crippen LogP contribution in [0.15, 0.2) is 65.1 Å². The maximum absolute atomic E-state index is 6.00. The van der Waals surface area contributed by atoms with E-state index in [2.05, 4.69) is 16.0 Å². The van der Waals surface area contributed by atoms with Crippen molar-refractivity contribution in [1.82, 2.24) is 9.55 Å². The number of aryl methyl sites for hydroxylation is 1. The molecule has 5 heteroatoms. The summed E-state index contributed by atoms with van der Waals surface area (Å²) in [6, 6.07) is 20.0. The van der Waals surface area contributed by atoms with Crippen LogP contribution in [-0.2, 0) is 13.1 Å². The molecular weight excluding hydrogens is 334 g/mol. The molecule has 0 unspecified atom stereocenters. The van der Waals surface area contributed by atoms with Crippen LogP contribution in [0.5, 0.6) is 0 Å². The zero-order chi connectivity index (χ0) is 17.2. The van der Waals surface area contributed by atoms with Gasteiger partial charge in [-0.2, -0.15) is 0 Å². The van der Waals surface area contributed by atoms with Crippen LogP contribution in [0.25, 0.3) is 11.0 Å². The number of hydrogen-bond acceptors (Lipinski definition) is 3. The van der Waals surface area contributed by atoms with Gasteiger partial charge in [-0.05, 0) is 48.9 Å². The summed E-state index contributed by atoms with van der Waals surface area (Å²) in [5.41, 5.74) is 3.23. The maximum Gasteiger partial charge on any atom is 0.204 e. The van der Waals surface area contributed by atoms with Gasteiger partial charge in [0.15, 0.2) is 0 Å². The van der Waals surface area contributed by atoms with Gasteiger partial charge in [0.2, 0.25) is 5.95 Å². The van der Waals surface area contributed by atoms with Gasteiger partial charge in [0.05, 0.1) is 24.1 Å². The first-order chi connectivity index (χ1) is 12.2. The SMILES string of the molecule is Cc1ccc(CNc2nc3ccccc3n2Cc2ccc(Cl)cc2)o1. The second-order valence-corrected chi connectivity index (χ2v) is 6.44. The Morgan fingerprint density at radius 2 is 1.84 bits per heavy atom. The highest BCUT2D eigenvalue weighted by molar-refractivity contribution is 6.30. The molecule has 0 aliphatic heterocycles. The van der Waals surface area contributed by atoms with Gasteiger partial charge in [-0.1, -0.05) is 35.9 Å². The van der Waals surface area contributed by atoms with Gasteiger partial charge in [-0.15, -0.1) is 0 Å². The van der Waals surface area contributed by atoms with Gasteiger partial charge in [0, 0.05) is 5.02 Å². The van der Waals surface area contributed by atoms with Gasteiger partial charge in [0.1, 0.15) is 11.5 Å². The highest BCUT2D eigenvalue weighted by Gasteiger charge is 2.11. The maximum atomic E-state index is 6.00. The zero-order valence-electron chi connectivity index (χ0n) is 13.9. The third-order valence-corrected chi connectivity index (χ3v) is 4.38. The smallest absolute Gasteiger partial charge is 0.204 e. The number of nitrogens with one attached hydrogen (secondary N) is 1. The molecule has 0 amide bonds. The Labute approximate surface area is 151 Å². The molecule has 2 aromatic carbocycles. The summed E-state index contributed by atoms with van der Waals surface area (Å²) in [7, 11) is 0. The first kappa shape index (κ1) is 15.8. The number of hydrogen-bond donors (Lipinski definition) is 1. The Kier molecular flexibility index (Phi) is 4.20. The number of aromatic nitrogens is 2. The third kappa shape index (κ3) is 3.39. The normalized spacial score (nSPS) is 11.1. The Morgan fingerprint density at radius 3 is 2.60 bits per heavy atom. The summed E-state index contributed by atoms with van der Waals surface area (Å²) in [5, 5.41) is 4.14. The van der Waals surface area contributed by atoms with Gasteiger partial charge in [-0.25, -0.2) is 4.98 Å². The summed E-state index contributed by atoms with van der Waals surface area (Å²) in [4.78, 5) is 4.73. The van der Waals surface area contributed by atoms with Crippen molar-refractivity contribution in [3.8, 4) is 0 Å². The molecule has 0 radical (unpaired) electrons. The van der Waals surface area contributed by atoms with Crippen LogP contribution in [0.2, 0.25) is 5.02 Å². The first-order valence-electron chi connectivity index (χ1n) is 8.18. The van der Waals surface area contributed by atoms with Crippen molar-refractivity contribution >= 4 is 28.6 Å². The molecule has 25 heavy (non-hydrogen) atoms. The minimum absolute atomic E-state index is 0.595. The summed E-state index contributed by atoms with van der Waals surface area (Å²) in [5.74, 6) is 2.62. The van der Waals surface area contributed by atoms with Gasteiger partial charge in [0.25, 0.3) is 0 Å². The lowest BCUT2D eigenvalue weighted by molar-refractivity contribution is 0.490. The average Bonchev–Trinajstić information content (AvgIpc) is 3.19. The molecule has 0 bridgehead atoms. The van der Waals surface area contributed by atoms with Crippen LogP contribution in [0.3, 0.4) is 0 Å². The molecular formula is C20H18ClN3O. The highest BCUT2D eigenvalue weighted by Crippen LogP contribution is 2.22. The van der Waals surface area contributed by atoms with Crippen molar-refractivity contribution in [3.05, 3.63) is 82.8 Å². The van der Waals surface area contributed by atoms with Gasteiger partial charge < -0.3 is 14.3 Å². The monoisotopic (exact) mass is 351 g/mol. The summed E-state index contributed by atoms with van der Waals surface area (Å²) in [6.45, 7) is 3.26. The third-order valence-electron chi connectivity index (χ3n) is 4.13. The molecule has 4 aromatic rings. The molecule has 0 saturated heterocycles. The van der Waals surface area contributed by atoms with Crippen LogP contribution >= 0.6 is 11.6 Å². The number of halogens is 1. The second-order valence-electron chi connectivity index (χ2n) is 6.00. The molecule has 0 saturated carbocycles. The Hall–Kier alpha value is -2.72. The van der Waals surface area contributed by atoms with E-state index in [0.717, 1.165) is 40.1 Å². The van der Waals surface area contributed by atoms with Crippen molar-refractivity contribution in [3.63, 3.8) is 0 Å². The number of furan rings is 1. The minimum atomic E-state index is 0.595. The lowest BCUT2D eigenvalue weighted by Crippen LogP contribution is -2.08. The van der Waals surface area contributed by atoms with Crippen molar-refractivity contribution in [2.75, 3.05) is 5.32 Å². The fraction of sp³-hybridized carbons (Fsp3) is 0.150. The molecule has 2 aromatic heterocycles. The van der Waals surface area contributed by atoms with Crippen molar-refractivity contribution in [2.24, 2.45) is 0 Å². The Balaban J connectivity index is 1.66. The van der Waals surface area contributed by atoms with E-state index in [9.17, 15) is 0 Å². The van der Waals surface area contributed by atoms with E-state index in [0.29, 0.717) is 6.54 Å². The fourth-order valence-corrected chi connectivity index (χ4v) is 3.02. The van der Waals surface area contributed by atoms with Crippen LogP contribution in [0, 0.1) is 6.92 Å². The standard InChI is InChI=1S/C20H18ClN3O/c1-14-6-11-17(25-14)12-22-20-23-18-4-2-3-5-19(18)24(20)13-15-7-9-16(21)10-8-15/h2-11H,12-13H2,1H3,(H,22,23). The molecule has 2 heterocycles. The van der Waals surface area contributed by atoms with E-state index in [1.165, 1.54) is 5.56 Å². The molecule has 0 fully saturated rings. The van der Waals surface area contributed by atoms with Crippen molar-refractivity contribution < 1.29 is 4.42 Å². The molecule has 0 spiro atoms. The zero-order valence-corrected chi connectivity index (χ0v) is 14.6. The van der Waals surface area contributed by atoms with Crippen molar-refractivity contribution in [2.45, 2.75) is 20.0 Å². The van der Waals surface area contributed by atoms with E-state index < -0.39 is 0 Å². The van der Waals surface area contributed by atoms with E-state index in [-0.39, 0.29) is 0 Å². The Morgan fingerprint density at radius 1 is 1.04 bits per heavy atom. The number of imidazole rings is 1. The van der Waals surface area contributed by atoms with Crippen LogP contribution in [-0.4, -0.2) is 9.55 Å².